The lowest BCUT2D eigenvalue weighted by Gasteiger charge is -1.86. The van der Waals surface area contributed by atoms with Gasteiger partial charge in [-0.3, -0.25) is 10.1 Å². The molecule has 0 fully saturated rings. The number of nitrogens with zero attached hydrogens (tertiary/aromatic N) is 1. The predicted octanol–water partition coefficient (Wildman–Crippen LogP) is 0.771. The zero-order valence-corrected chi connectivity index (χ0v) is 4.53. The molecule has 4 heteroatoms. The minimum Gasteiger partial charge on any atom is -0.495 e. The van der Waals surface area contributed by atoms with E-state index < -0.39 is 4.92 Å². The van der Waals surface area contributed by atoms with Crippen molar-refractivity contribution in [2.75, 3.05) is 6.61 Å². The quantitative estimate of drug-likeness (QED) is 0.311. The third-order valence-electron chi connectivity index (χ3n) is 0.445. The molecule has 0 saturated carbocycles. The molecule has 0 amide bonds. The first-order chi connectivity index (χ1) is 3.77. The van der Waals surface area contributed by atoms with Crippen LogP contribution in [0.15, 0.2) is 12.5 Å². The molecule has 0 aliphatic heterocycles. The van der Waals surface area contributed by atoms with E-state index in [2.05, 4.69) is 4.74 Å². The van der Waals surface area contributed by atoms with E-state index in [0.717, 1.165) is 12.5 Å². The maximum atomic E-state index is 9.51. The Kier molecular flexibility index (Phi) is 3.56. The molecule has 0 aromatic heterocycles. The molecule has 0 unspecified atom stereocenters. The molecule has 0 aromatic carbocycles. The minimum absolute atomic E-state index is 0.463. The molecule has 0 bridgehead atoms. The lowest BCUT2D eigenvalue weighted by Crippen LogP contribution is -1.84. The maximum Gasteiger partial charge on any atom is 0.268 e. The van der Waals surface area contributed by atoms with Crippen molar-refractivity contribution in [2.24, 2.45) is 0 Å². The maximum absolute atomic E-state index is 9.51. The molecule has 4 nitrogen and oxygen atoms in total. The summed E-state index contributed by atoms with van der Waals surface area (Å²) in [5.74, 6) is 0. The lowest BCUT2D eigenvalue weighted by molar-refractivity contribution is -0.404. The summed E-state index contributed by atoms with van der Waals surface area (Å²) in [6.07, 6.45) is 1.81. The summed E-state index contributed by atoms with van der Waals surface area (Å²) in [5, 5.41) is 9.51. The average Bonchev–Trinajstić information content (AvgIpc) is 1.66. The third kappa shape index (κ3) is 4.94. The highest BCUT2D eigenvalue weighted by atomic mass is 16.6. The largest absolute Gasteiger partial charge is 0.495 e. The Morgan fingerprint density at radius 2 is 2.50 bits per heavy atom. The summed E-state index contributed by atoms with van der Waals surface area (Å²) in [4.78, 5) is 8.94. The molecule has 46 valence electrons. The van der Waals surface area contributed by atoms with Gasteiger partial charge in [-0.2, -0.15) is 0 Å². The molecule has 0 spiro atoms. The smallest absolute Gasteiger partial charge is 0.268 e. The zero-order chi connectivity index (χ0) is 6.41. The monoisotopic (exact) mass is 117 g/mol. The summed E-state index contributed by atoms with van der Waals surface area (Å²) >= 11 is 0. The summed E-state index contributed by atoms with van der Waals surface area (Å²) in [7, 11) is 0. The highest BCUT2D eigenvalue weighted by molar-refractivity contribution is 4.57. The molecule has 0 aliphatic carbocycles. The molecule has 0 aromatic rings. The van der Waals surface area contributed by atoms with Crippen LogP contribution in [0.25, 0.3) is 0 Å². The SMILES string of the molecule is CCO/C=C/[N+](=O)[O-]. The van der Waals surface area contributed by atoms with Crippen molar-refractivity contribution in [3.63, 3.8) is 0 Å². The van der Waals surface area contributed by atoms with Crippen molar-refractivity contribution in [1.82, 2.24) is 0 Å². The molecule has 0 rings (SSSR count). The first-order valence-corrected chi connectivity index (χ1v) is 2.19. The number of hydrogen-bond acceptors (Lipinski definition) is 3. The van der Waals surface area contributed by atoms with Crippen molar-refractivity contribution < 1.29 is 9.66 Å². The normalized spacial score (nSPS) is 9.62. The lowest BCUT2D eigenvalue weighted by atomic mass is 10.8. The molecular weight excluding hydrogens is 110 g/mol. The van der Waals surface area contributed by atoms with Crippen LogP contribution in [0.5, 0.6) is 0 Å². The van der Waals surface area contributed by atoms with Crippen LogP contribution in [-0.2, 0) is 4.74 Å². The zero-order valence-electron chi connectivity index (χ0n) is 4.53. The van der Waals surface area contributed by atoms with E-state index >= 15 is 0 Å². The molecule has 0 atom stereocenters. The Bertz CT molecular complexity index is 99.5. The molecule has 0 heterocycles. The molecular formula is C4H7NO3. The van der Waals surface area contributed by atoms with Crippen LogP contribution in [0.3, 0.4) is 0 Å². The highest BCUT2D eigenvalue weighted by Gasteiger charge is 1.80. The van der Waals surface area contributed by atoms with Gasteiger partial charge in [-0.25, -0.2) is 0 Å². The van der Waals surface area contributed by atoms with Gasteiger partial charge in [0.2, 0.25) is 0 Å². The van der Waals surface area contributed by atoms with Gasteiger partial charge in [0.25, 0.3) is 6.20 Å². The molecule has 8 heavy (non-hydrogen) atoms. The van der Waals surface area contributed by atoms with Gasteiger partial charge in [0, 0.05) is 0 Å². The standard InChI is InChI=1S/C4H7NO3/c1-2-8-4-3-5(6)7/h3-4H,2H2,1H3/b4-3+. The van der Waals surface area contributed by atoms with E-state index in [1.165, 1.54) is 0 Å². The van der Waals surface area contributed by atoms with Crippen LogP contribution in [0.1, 0.15) is 6.92 Å². The van der Waals surface area contributed by atoms with E-state index in [1.54, 1.807) is 6.92 Å². The first-order valence-electron chi connectivity index (χ1n) is 2.19. The van der Waals surface area contributed by atoms with Crippen molar-refractivity contribution in [3.05, 3.63) is 22.6 Å². The Hall–Kier alpha value is -1.06. The van der Waals surface area contributed by atoms with Crippen LogP contribution in [0.2, 0.25) is 0 Å². The first kappa shape index (κ1) is 6.94. The van der Waals surface area contributed by atoms with E-state index in [-0.39, 0.29) is 0 Å². The highest BCUT2D eigenvalue weighted by Crippen LogP contribution is 1.75. The van der Waals surface area contributed by atoms with Crippen LogP contribution in [0, 0.1) is 10.1 Å². The summed E-state index contributed by atoms with van der Waals surface area (Å²) < 4.78 is 4.52. The number of ether oxygens (including phenoxy) is 1. The predicted molar refractivity (Wildman–Crippen MR) is 27.8 cm³/mol. The Morgan fingerprint density at radius 1 is 1.88 bits per heavy atom. The van der Waals surface area contributed by atoms with E-state index in [9.17, 15) is 10.1 Å². The molecule has 0 radical (unpaired) electrons. The van der Waals surface area contributed by atoms with Crippen LogP contribution < -0.4 is 0 Å². The van der Waals surface area contributed by atoms with Crippen LogP contribution >= 0.6 is 0 Å². The van der Waals surface area contributed by atoms with Gasteiger partial charge in [-0.05, 0) is 6.92 Å². The van der Waals surface area contributed by atoms with E-state index in [4.69, 9.17) is 0 Å². The van der Waals surface area contributed by atoms with Gasteiger partial charge in [0.15, 0.2) is 6.26 Å². The third-order valence-corrected chi connectivity index (χ3v) is 0.445. The summed E-state index contributed by atoms with van der Waals surface area (Å²) in [6.45, 7) is 2.22. The van der Waals surface area contributed by atoms with Gasteiger partial charge in [0.05, 0.1) is 11.5 Å². The van der Waals surface area contributed by atoms with Crippen LogP contribution in [0.4, 0.5) is 0 Å². The molecule has 0 saturated heterocycles. The minimum atomic E-state index is -0.574. The van der Waals surface area contributed by atoms with E-state index in [1.807, 2.05) is 0 Å². The topological polar surface area (TPSA) is 52.4 Å². The fourth-order valence-electron chi connectivity index (χ4n) is 0.189. The Labute approximate surface area is 46.9 Å². The fraction of sp³-hybridized carbons (Fsp3) is 0.500. The number of rotatable bonds is 3. The Morgan fingerprint density at radius 3 is 2.88 bits per heavy atom. The van der Waals surface area contributed by atoms with Gasteiger partial charge in [-0.15, -0.1) is 0 Å². The second-order valence-electron chi connectivity index (χ2n) is 1.03. The van der Waals surface area contributed by atoms with Crippen molar-refractivity contribution >= 4 is 0 Å². The second-order valence-corrected chi connectivity index (χ2v) is 1.03. The van der Waals surface area contributed by atoms with Crippen molar-refractivity contribution in [3.8, 4) is 0 Å². The summed E-state index contributed by atoms with van der Waals surface area (Å²) in [5.41, 5.74) is 0. The van der Waals surface area contributed by atoms with Gasteiger partial charge >= 0.3 is 0 Å². The van der Waals surface area contributed by atoms with Crippen LogP contribution in [-0.4, -0.2) is 11.5 Å². The second kappa shape index (κ2) is 4.11. The molecule has 0 aliphatic rings. The van der Waals surface area contributed by atoms with Gasteiger partial charge in [-0.1, -0.05) is 0 Å². The van der Waals surface area contributed by atoms with Crippen molar-refractivity contribution in [1.29, 1.82) is 0 Å². The Balaban J connectivity index is 3.20. The van der Waals surface area contributed by atoms with Gasteiger partial charge < -0.3 is 4.74 Å². The average molecular weight is 117 g/mol. The van der Waals surface area contributed by atoms with E-state index in [0.29, 0.717) is 6.61 Å². The number of nitro groups is 1. The molecule has 0 N–H and O–H groups in total. The van der Waals surface area contributed by atoms with Crippen molar-refractivity contribution in [2.45, 2.75) is 6.92 Å². The summed E-state index contributed by atoms with van der Waals surface area (Å²) in [6, 6.07) is 0. The number of hydrogen-bond donors (Lipinski definition) is 0. The van der Waals surface area contributed by atoms with Gasteiger partial charge in [0.1, 0.15) is 0 Å². The fourth-order valence-corrected chi connectivity index (χ4v) is 0.189.